The SMILES string of the molecule is CCCOc1ccc(/C(O)=C2\C(=O)C(=O)N(c3cccc(OCC)c3)C2c2cccnc2)cc1C. The second-order valence-electron chi connectivity index (χ2n) is 8.21. The van der Waals surface area contributed by atoms with Gasteiger partial charge in [0.25, 0.3) is 11.7 Å². The molecular formula is C28H28N2O5. The van der Waals surface area contributed by atoms with Crippen molar-refractivity contribution in [3.05, 3.63) is 89.3 Å². The summed E-state index contributed by atoms with van der Waals surface area (Å²) in [4.78, 5) is 32.2. The van der Waals surface area contributed by atoms with Crippen LogP contribution in [0.1, 0.15) is 43.0 Å². The van der Waals surface area contributed by atoms with Crippen molar-refractivity contribution >= 4 is 23.1 Å². The van der Waals surface area contributed by atoms with E-state index >= 15 is 0 Å². The lowest BCUT2D eigenvalue weighted by Gasteiger charge is -2.25. The number of anilines is 1. The summed E-state index contributed by atoms with van der Waals surface area (Å²) in [5.74, 6) is -0.447. The number of nitrogens with zero attached hydrogens (tertiary/aromatic N) is 2. The van der Waals surface area contributed by atoms with E-state index in [2.05, 4.69) is 4.98 Å². The molecule has 1 fully saturated rings. The molecule has 0 aliphatic carbocycles. The molecule has 2 aromatic carbocycles. The highest BCUT2D eigenvalue weighted by Gasteiger charge is 2.47. The van der Waals surface area contributed by atoms with Gasteiger partial charge in [0, 0.05) is 29.7 Å². The number of carbonyl (C=O) groups is 2. The number of amides is 1. The second kappa shape index (κ2) is 10.4. The zero-order chi connectivity index (χ0) is 24.9. The first kappa shape index (κ1) is 24.0. The highest BCUT2D eigenvalue weighted by molar-refractivity contribution is 6.51. The van der Waals surface area contributed by atoms with E-state index in [1.165, 1.54) is 4.90 Å². The Bertz CT molecular complexity index is 1270. The van der Waals surface area contributed by atoms with Crippen molar-refractivity contribution in [2.75, 3.05) is 18.1 Å². The largest absolute Gasteiger partial charge is 0.507 e. The summed E-state index contributed by atoms with van der Waals surface area (Å²) in [6.45, 7) is 6.81. The third kappa shape index (κ3) is 4.75. The smallest absolute Gasteiger partial charge is 0.300 e. The third-order valence-electron chi connectivity index (χ3n) is 5.76. The lowest BCUT2D eigenvalue weighted by molar-refractivity contribution is -0.132. The first-order chi connectivity index (χ1) is 17.0. The van der Waals surface area contributed by atoms with E-state index in [9.17, 15) is 14.7 Å². The van der Waals surface area contributed by atoms with Crippen molar-refractivity contribution in [3.63, 3.8) is 0 Å². The number of pyridine rings is 1. The minimum Gasteiger partial charge on any atom is -0.507 e. The minimum absolute atomic E-state index is 0.00596. The summed E-state index contributed by atoms with van der Waals surface area (Å²) in [6, 6.07) is 14.9. The Kier molecular flexibility index (Phi) is 7.15. The summed E-state index contributed by atoms with van der Waals surface area (Å²) < 4.78 is 11.3. The molecule has 4 rings (SSSR count). The number of hydrogen-bond donors (Lipinski definition) is 1. The lowest BCUT2D eigenvalue weighted by Crippen LogP contribution is -2.29. The predicted molar refractivity (Wildman–Crippen MR) is 134 cm³/mol. The van der Waals surface area contributed by atoms with Crippen LogP contribution < -0.4 is 14.4 Å². The number of aryl methyl sites for hydroxylation is 1. The van der Waals surface area contributed by atoms with Crippen molar-refractivity contribution in [2.45, 2.75) is 33.2 Å². The topological polar surface area (TPSA) is 89.0 Å². The Morgan fingerprint density at radius 2 is 1.89 bits per heavy atom. The van der Waals surface area contributed by atoms with E-state index < -0.39 is 17.7 Å². The fourth-order valence-corrected chi connectivity index (χ4v) is 4.17. The van der Waals surface area contributed by atoms with Crippen LogP contribution in [-0.4, -0.2) is 35.0 Å². The molecule has 180 valence electrons. The molecule has 1 aliphatic heterocycles. The molecule has 1 saturated heterocycles. The van der Waals surface area contributed by atoms with Crippen LogP contribution in [0.25, 0.3) is 5.76 Å². The Labute approximate surface area is 204 Å². The van der Waals surface area contributed by atoms with E-state index in [0.717, 1.165) is 12.0 Å². The number of ketones is 1. The number of ether oxygens (including phenoxy) is 2. The Morgan fingerprint density at radius 1 is 1.06 bits per heavy atom. The summed E-state index contributed by atoms with van der Waals surface area (Å²) in [7, 11) is 0. The maximum atomic E-state index is 13.3. The van der Waals surface area contributed by atoms with Crippen LogP contribution in [0.4, 0.5) is 5.69 Å². The van der Waals surface area contributed by atoms with Gasteiger partial charge in [0.15, 0.2) is 0 Å². The molecule has 7 nitrogen and oxygen atoms in total. The fourth-order valence-electron chi connectivity index (χ4n) is 4.17. The third-order valence-corrected chi connectivity index (χ3v) is 5.76. The molecule has 0 radical (unpaired) electrons. The predicted octanol–water partition coefficient (Wildman–Crippen LogP) is 5.20. The zero-order valence-corrected chi connectivity index (χ0v) is 20.0. The highest BCUT2D eigenvalue weighted by atomic mass is 16.5. The standard InChI is InChI=1S/C28H28N2O5/c1-4-14-35-23-12-11-19(15-18(23)3)26(31)24-25(20-8-7-13-29-17-20)30(28(33)27(24)32)21-9-6-10-22(16-21)34-5-2/h6-13,15-17,25,31H,4-5,14H2,1-3H3/b26-24+. The zero-order valence-electron chi connectivity index (χ0n) is 20.0. The van der Waals surface area contributed by atoms with Crippen LogP contribution in [0.3, 0.4) is 0 Å². The van der Waals surface area contributed by atoms with E-state index in [1.54, 1.807) is 67.0 Å². The van der Waals surface area contributed by atoms with Gasteiger partial charge in [0.05, 0.1) is 24.8 Å². The van der Waals surface area contributed by atoms with E-state index in [1.807, 2.05) is 20.8 Å². The molecule has 1 atom stereocenters. The average Bonchev–Trinajstić information content (AvgIpc) is 3.14. The summed E-state index contributed by atoms with van der Waals surface area (Å²) in [5, 5.41) is 11.3. The molecule has 1 unspecified atom stereocenters. The molecule has 1 amide bonds. The van der Waals surface area contributed by atoms with Crippen molar-refractivity contribution in [2.24, 2.45) is 0 Å². The summed E-state index contributed by atoms with van der Waals surface area (Å²) in [5.41, 5.74) is 2.35. The fraction of sp³-hybridized carbons (Fsp3) is 0.250. The first-order valence-electron chi connectivity index (χ1n) is 11.6. The van der Waals surface area contributed by atoms with Gasteiger partial charge in [0.2, 0.25) is 0 Å². The quantitative estimate of drug-likeness (QED) is 0.275. The number of aliphatic hydroxyl groups excluding tert-OH is 1. The van der Waals surface area contributed by atoms with Crippen LogP contribution >= 0.6 is 0 Å². The van der Waals surface area contributed by atoms with Gasteiger partial charge < -0.3 is 14.6 Å². The molecular weight excluding hydrogens is 444 g/mol. The maximum Gasteiger partial charge on any atom is 0.300 e. The van der Waals surface area contributed by atoms with Gasteiger partial charge in [-0.3, -0.25) is 19.5 Å². The number of hydrogen-bond acceptors (Lipinski definition) is 6. The van der Waals surface area contributed by atoms with E-state index in [0.29, 0.717) is 41.5 Å². The molecule has 0 spiro atoms. The highest BCUT2D eigenvalue weighted by Crippen LogP contribution is 2.42. The van der Waals surface area contributed by atoms with Crippen LogP contribution in [0.5, 0.6) is 11.5 Å². The number of benzene rings is 2. The first-order valence-corrected chi connectivity index (χ1v) is 11.6. The number of Topliss-reactive ketones (excluding diaryl/α,β-unsaturated/α-hetero) is 1. The summed E-state index contributed by atoms with van der Waals surface area (Å²) >= 11 is 0. The molecule has 7 heteroatoms. The van der Waals surface area contributed by atoms with E-state index in [4.69, 9.17) is 9.47 Å². The molecule has 0 saturated carbocycles. The van der Waals surface area contributed by atoms with Crippen LogP contribution in [0.2, 0.25) is 0 Å². The van der Waals surface area contributed by atoms with Crippen LogP contribution in [-0.2, 0) is 9.59 Å². The van der Waals surface area contributed by atoms with Gasteiger partial charge in [-0.25, -0.2) is 0 Å². The number of carbonyl (C=O) groups excluding carboxylic acids is 2. The molecule has 1 aromatic heterocycles. The molecule has 3 aromatic rings. The number of rotatable bonds is 8. The normalized spacial score (nSPS) is 17.0. The van der Waals surface area contributed by atoms with Crippen molar-refractivity contribution in [1.82, 2.24) is 4.98 Å². The van der Waals surface area contributed by atoms with Gasteiger partial charge in [-0.2, -0.15) is 0 Å². The molecule has 35 heavy (non-hydrogen) atoms. The van der Waals surface area contributed by atoms with Gasteiger partial charge >= 0.3 is 0 Å². The molecule has 1 aliphatic rings. The van der Waals surface area contributed by atoms with Crippen molar-refractivity contribution < 1.29 is 24.2 Å². The monoisotopic (exact) mass is 472 g/mol. The number of aromatic nitrogens is 1. The second-order valence-corrected chi connectivity index (χ2v) is 8.21. The van der Waals surface area contributed by atoms with Gasteiger partial charge in [-0.15, -0.1) is 0 Å². The van der Waals surface area contributed by atoms with E-state index in [-0.39, 0.29) is 11.3 Å². The molecule has 2 heterocycles. The maximum absolute atomic E-state index is 13.3. The molecule has 0 bridgehead atoms. The molecule has 1 N–H and O–H groups in total. The lowest BCUT2D eigenvalue weighted by atomic mass is 9.95. The van der Waals surface area contributed by atoms with Crippen molar-refractivity contribution in [1.29, 1.82) is 0 Å². The number of aliphatic hydroxyl groups is 1. The average molecular weight is 473 g/mol. The van der Waals surface area contributed by atoms with Crippen LogP contribution in [0.15, 0.2) is 72.6 Å². The van der Waals surface area contributed by atoms with Gasteiger partial charge in [0.1, 0.15) is 17.3 Å². The van der Waals surface area contributed by atoms with Gasteiger partial charge in [-0.05, 0) is 67.8 Å². The summed E-state index contributed by atoms with van der Waals surface area (Å²) in [6.07, 6.45) is 4.08. The van der Waals surface area contributed by atoms with Crippen LogP contribution in [0, 0.1) is 6.92 Å². The Morgan fingerprint density at radius 3 is 2.57 bits per heavy atom. The minimum atomic E-state index is -0.850. The Hall–Kier alpha value is -4.13. The Balaban J connectivity index is 1.85. The van der Waals surface area contributed by atoms with Gasteiger partial charge in [-0.1, -0.05) is 19.1 Å². The van der Waals surface area contributed by atoms with Crippen molar-refractivity contribution in [3.8, 4) is 11.5 Å².